The maximum Gasteiger partial charge on any atom is 0.159 e. The van der Waals surface area contributed by atoms with Crippen LogP contribution < -0.4 is 16.4 Å². The van der Waals surface area contributed by atoms with E-state index in [2.05, 4.69) is 25.6 Å². The number of hydrogen-bond acceptors (Lipinski definition) is 6. The molecule has 0 spiro atoms. The summed E-state index contributed by atoms with van der Waals surface area (Å²) in [5.74, 6) is 1.05. The van der Waals surface area contributed by atoms with Crippen molar-refractivity contribution in [3.05, 3.63) is 71.6 Å². The van der Waals surface area contributed by atoms with Crippen molar-refractivity contribution in [1.82, 2.24) is 15.0 Å². The Balaban J connectivity index is 1.67. The zero-order valence-electron chi connectivity index (χ0n) is 14.6. The minimum Gasteiger partial charge on any atom is -0.393 e. The fourth-order valence-electron chi connectivity index (χ4n) is 2.83. The van der Waals surface area contributed by atoms with Crippen LogP contribution in [-0.4, -0.2) is 15.0 Å². The van der Waals surface area contributed by atoms with Crippen molar-refractivity contribution in [1.29, 1.82) is 0 Å². The quantitative estimate of drug-likeness (QED) is 0.461. The van der Waals surface area contributed by atoms with E-state index in [1.165, 1.54) is 6.33 Å². The molecule has 4 N–H and O–H groups in total. The fourth-order valence-corrected chi connectivity index (χ4v) is 3.06. The van der Waals surface area contributed by atoms with E-state index in [4.69, 9.17) is 17.3 Å². The molecule has 0 amide bonds. The number of rotatable bonds is 4. The van der Waals surface area contributed by atoms with Crippen LogP contribution in [0.15, 0.2) is 61.1 Å². The number of aromatic nitrogens is 3. The number of aryl methyl sites for hydroxylation is 1. The van der Waals surface area contributed by atoms with E-state index in [1.807, 2.05) is 55.5 Å². The third kappa shape index (κ3) is 3.47. The highest BCUT2D eigenvalue weighted by atomic mass is 35.5. The van der Waals surface area contributed by atoms with Crippen LogP contribution in [0.4, 0.5) is 28.7 Å². The van der Waals surface area contributed by atoms with E-state index in [1.54, 1.807) is 6.20 Å². The summed E-state index contributed by atoms with van der Waals surface area (Å²) in [7, 11) is 0. The van der Waals surface area contributed by atoms with Gasteiger partial charge in [0, 0.05) is 28.0 Å². The second-order valence-electron chi connectivity index (χ2n) is 6.07. The molecule has 0 aliphatic rings. The Bertz CT molecular complexity index is 1120. The van der Waals surface area contributed by atoms with Gasteiger partial charge in [-0.15, -0.1) is 0 Å². The molecule has 0 unspecified atom stereocenters. The lowest BCUT2D eigenvalue weighted by molar-refractivity contribution is 1.17. The maximum atomic E-state index is 6.31. The number of nitrogens with one attached hydrogen (secondary N) is 2. The van der Waals surface area contributed by atoms with E-state index >= 15 is 0 Å². The second kappa shape index (κ2) is 7.09. The summed E-state index contributed by atoms with van der Waals surface area (Å²) in [6.45, 7) is 1.97. The van der Waals surface area contributed by atoms with Crippen molar-refractivity contribution in [2.75, 3.05) is 16.4 Å². The van der Waals surface area contributed by atoms with Gasteiger partial charge in [-0.1, -0.05) is 17.7 Å². The van der Waals surface area contributed by atoms with Crippen molar-refractivity contribution >= 4 is 51.2 Å². The first kappa shape index (κ1) is 17.1. The lowest BCUT2D eigenvalue weighted by atomic mass is 10.2. The van der Waals surface area contributed by atoms with Gasteiger partial charge in [0.25, 0.3) is 0 Å². The SMILES string of the molecule is Cc1cc(Cl)ccc1Nc1ncnc(Nc2cccc3ncccc23)c1N. The van der Waals surface area contributed by atoms with Gasteiger partial charge >= 0.3 is 0 Å². The van der Waals surface area contributed by atoms with Crippen LogP contribution in [-0.2, 0) is 0 Å². The summed E-state index contributed by atoms with van der Waals surface area (Å²) in [6.07, 6.45) is 3.23. The number of nitrogen functional groups attached to an aromatic ring is 1. The molecule has 7 heteroatoms. The van der Waals surface area contributed by atoms with Crippen LogP contribution in [0.25, 0.3) is 10.9 Å². The summed E-state index contributed by atoms with van der Waals surface area (Å²) >= 11 is 6.02. The third-order valence-corrected chi connectivity index (χ3v) is 4.46. The molecule has 2 aromatic carbocycles. The number of nitrogens with two attached hydrogens (primary N) is 1. The highest BCUT2D eigenvalue weighted by Gasteiger charge is 2.11. The Morgan fingerprint density at radius 2 is 1.67 bits per heavy atom. The lowest BCUT2D eigenvalue weighted by Crippen LogP contribution is -2.06. The number of benzene rings is 2. The highest BCUT2D eigenvalue weighted by Crippen LogP contribution is 2.31. The minimum atomic E-state index is 0.424. The van der Waals surface area contributed by atoms with Crippen molar-refractivity contribution in [3.63, 3.8) is 0 Å². The van der Waals surface area contributed by atoms with Crippen LogP contribution in [0.3, 0.4) is 0 Å². The van der Waals surface area contributed by atoms with Gasteiger partial charge < -0.3 is 16.4 Å². The van der Waals surface area contributed by atoms with Gasteiger partial charge in [0.1, 0.15) is 12.0 Å². The predicted molar refractivity (Wildman–Crippen MR) is 111 cm³/mol. The molecule has 27 heavy (non-hydrogen) atoms. The number of halogens is 1. The van der Waals surface area contributed by atoms with Gasteiger partial charge in [-0.2, -0.15) is 0 Å². The molecule has 0 saturated heterocycles. The largest absolute Gasteiger partial charge is 0.393 e. The Labute approximate surface area is 161 Å². The third-order valence-electron chi connectivity index (χ3n) is 4.22. The Hall–Kier alpha value is -3.38. The average Bonchev–Trinajstić information content (AvgIpc) is 2.67. The van der Waals surface area contributed by atoms with E-state index in [-0.39, 0.29) is 0 Å². The first-order valence-electron chi connectivity index (χ1n) is 8.36. The molecule has 0 atom stereocenters. The second-order valence-corrected chi connectivity index (χ2v) is 6.51. The fraction of sp³-hybridized carbons (Fsp3) is 0.0500. The van der Waals surface area contributed by atoms with Crippen molar-refractivity contribution in [2.45, 2.75) is 6.92 Å². The summed E-state index contributed by atoms with van der Waals surface area (Å²) in [4.78, 5) is 12.9. The number of hydrogen-bond donors (Lipinski definition) is 3. The molecule has 0 aliphatic carbocycles. The van der Waals surface area contributed by atoms with Crippen LogP contribution in [0.2, 0.25) is 5.02 Å². The monoisotopic (exact) mass is 376 g/mol. The Kier molecular flexibility index (Phi) is 4.48. The smallest absolute Gasteiger partial charge is 0.159 e. The molecule has 2 heterocycles. The van der Waals surface area contributed by atoms with Gasteiger partial charge in [0.2, 0.25) is 0 Å². The molecule has 134 valence electrons. The Morgan fingerprint density at radius 1 is 0.889 bits per heavy atom. The molecule has 0 aliphatic heterocycles. The first-order valence-corrected chi connectivity index (χ1v) is 8.74. The summed E-state index contributed by atoms with van der Waals surface area (Å²) in [5, 5.41) is 8.20. The van der Waals surface area contributed by atoms with Gasteiger partial charge in [0.15, 0.2) is 11.6 Å². The van der Waals surface area contributed by atoms with Crippen molar-refractivity contribution in [3.8, 4) is 0 Å². The van der Waals surface area contributed by atoms with Gasteiger partial charge in [-0.25, -0.2) is 9.97 Å². The Morgan fingerprint density at radius 3 is 2.44 bits per heavy atom. The van der Waals surface area contributed by atoms with Gasteiger partial charge in [-0.05, 0) is 55.0 Å². The number of nitrogens with zero attached hydrogens (tertiary/aromatic N) is 3. The van der Waals surface area contributed by atoms with Gasteiger partial charge in [0.05, 0.1) is 5.52 Å². The molecule has 2 aromatic heterocycles. The van der Waals surface area contributed by atoms with E-state index < -0.39 is 0 Å². The predicted octanol–water partition coefficient (Wildman–Crippen LogP) is 5.06. The normalized spacial score (nSPS) is 10.7. The molecule has 4 rings (SSSR count). The lowest BCUT2D eigenvalue weighted by Gasteiger charge is -2.14. The first-order chi connectivity index (χ1) is 13.1. The standard InChI is InChI=1S/C20H17ClN6/c1-12-10-13(21)7-8-15(12)26-19-18(22)20(25-11-24-19)27-17-6-2-5-16-14(17)4-3-9-23-16/h2-11H,22H2,1H3,(H2,24,25,26,27). The summed E-state index contributed by atoms with van der Waals surface area (Å²) < 4.78 is 0. The molecule has 0 radical (unpaired) electrons. The molecule has 0 bridgehead atoms. The van der Waals surface area contributed by atoms with Crippen molar-refractivity contribution in [2.24, 2.45) is 0 Å². The van der Waals surface area contributed by atoms with Crippen LogP contribution >= 0.6 is 11.6 Å². The molecular weight excluding hydrogens is 360 g/mol. The van der Waals surface area contributed by atoms with Crippen LogP contribution in [0.1, 0.15) is 5.56 Å². The number of anilines is 5. The van der Waals surface area contributed by atoms with E-state index in [0.29, 0.717) is 22.3 Å². The zero-order valence-corrected chi connectivity index (χ0v) is 15.3. The molecular formula is C20H17ClN6. The van der Waals surface area contributed by atoms with Crippen LogP contribution in [0, 0.1) is 6.92 Å². The molecule has 0 saturated carbocycles. The maximum absolute atomic E-state index is 6.31. The zero-order chi connectivity index (χ0) is 18.8. The van der Waals surface area contributed by atoms with E-state index in [9.17, 15) is 0 Å². The summed E-state index contributed by atoms with van der Waals surface area (Å²) in [6, 6.07) is 15.3. The molecule has 4 aromatic rings. The molecule has 6 nitrogen and oxygen atoms in total. The summed E-state index contributed by atoms with van der Waals surface area (Å²) in [5.41, 5.74) is 10.4. The molecule has 0 fully saturated rings. The van der Waals surface area contributed by atoms with Crippen molar-refractivity contribution < 1.29 is 0 Å². The van der Waals surface area contributed by atoms with E-state index in [0.717, 1.165) is 27.8 Å². The topological polar surface area (TPSA) is 88.8 Å². The van der Waals surface area contributed by atoms with Gasteiger partial charge in [-0.3, -0.25) is 4.98 Å². The average molecular weight is 377 g/mol. The van der Waals surface area contributed by atoms with Crippen LogP contribution in [0.5, 0.6) is 0 Å². The number of fused-ring (bicyclic) bond motifs is 1. The highest BCUT2D eigenvalue weighted by molar-refractivity contribution is 6.30. The number of pyridine rings is 1. The minimum absolute atomic E-state index is 0.424.